The first kappa shape index (κ1) is 10.9. The second-order valence-electron chi connectivity index (χ2n) is 3.84. The van der Waals surface area contributed by atoms with Crippen LogP contribution < -0.4 is 5.32 Å². The Labute approximate surface area is 95.1 Å². The number of hydrogen-bond acceptors (Lipinski definition) is 3. The van der Waals surface area contributed by atoms with Crippen LogP contribution in [0.25, 0.3) is 6.08 Å². The third-order valence-corrected chi connectivity index (χ3v) is 2.82. The van der Waals surface area contributed by atoms with Crippen molar-refractivity contribution < 1.29 is 9.53 Å². The Morgan fingerprint density at radius 3 is 2.81 bits per heavy atom. The molecule has 1 aliphatic heterocycles. The van der Waals surface area contributed by atoms with Crippen molar-refractivity contribution in [3.8, 4) is 0 Å². The van der Waals surface area contributed by atoms with Gasteiger partial charge in [-0.05, 0) is 17.2 Å². The van der Waals surface area contributed by atoms with Crippen LogP contribution in [-0.4, -0.2) is 26.2 Å². The van der Waals surface area contributed by atoms with Gasteiger partial charge in [-0.25, -0.2) is 4.79 Å². The number of nitrogens with one attached hydrogen (secondary N) is 1. The number of carbonyl (C=O) groups is 1. The van der Waals surface area contributed by atoms with E-state index in [1.165, 1.54) is 18.7 Å². The van der Waals surface area contributed by atoms with E-state index in [9.17, 15) is 4.79 Å². The summed E-state index contributed by atoms with van der Waals surface area (Å²) in [5, 5.41) is 3.25. The van der Waals surface area contributed by atoms with E-state index in [0.717, 1.165) is 18.7 Å². The Morgan fingerprint density at radius 1 is 1.44 bits per heavy atom. The SMILES string of the molecule is COC(=O)/C=C/c1ccccc1C1CNC1. The lowest BCUT2D eigenvalue weighted by molar-refractivity contribution is -0.134. The number of ether oxygens (including phenoxy) is 1. The molecule has 1 saturated heterocycles. The lowest BCUT2D eigenvalue weighted by Crippen LogP contribution is -2.40. The summed E-state index contributed by atoms with van der Waals surface area (Å²) >= 11 is 0. The van der Waals surface area contributed by atoms with Crippen LogP contribution in [0.5, 0.6) is 0 Å². The predicted molar refractivity (Wildman–Crippen MR) is 63.1 cm³/mol. The zero-order valence-electron chi connectivity index (χ0n) is 9.27. The molecule has 0 saturated carbocycles. The van der Waals surface area contributed by atoms with Crippen molar-refractivity contribution >= 4 is 12.0 Å². The van der Waals surface area contributed by atoms with Crippen molar-refractivity contribution in [2.45, 2.75) is 5.92 Å². The number of carbonyl (C=O) groups excluding carboxylic acids is 1. The molecule has 1 fully saturated rings. The monoisotopic (exact) mass is 217 g/mol. The number of rotatable bonds is 3. The van der Waals surface area contributed by atoms with Crippen LogP contribution in [0.4, 0.5) is 0 Å². The molecule has 3 nitrogen and oxygen atoms in total. The standard InChI is InChI=1S/C13H15NO2/c1-16-13(15)7-6-10-4-2-3-5-12(10)11-8-14-9-11/h2-7,11,14H,8-9H2,1H3/b7-6+. The van der Waals surface area contributed by atoms with E-state index in [-0.39, 0.29) is 5.97 Å². The lowest BCUT2D eigenvalue weighted by atomic mass is 9.90. The van der Waals surface area contributed by atoms with Crippen molar-refractivity contribution in [1.29, 1.82) is 0 Å². The predicted octanol–water partition coefficient (Wildman–Crippen LogP) is 1.56. The zero-order valence-corrected chi connectivity index (χ0v) is 9.27. The summed E-state index contributed by atoms with van der Waals surface area (Å²) in [4.78, 5) is 11.0. The highest BCUT2D eigenvalue weighted by atomic mass is 16.5. The Bertz CT molecular complexity index is 408. The van der Waals surface area contributed by atoms with Crippen molar-refractivity contribution in [3.63, 3.8) is 0 Å². The summed E-state index contributed by atoms with van der Waals surface area (Å²) in [6.45, 7) is 2.03. The number of hydrogen-bond donors (Lipinski definition) is 1. The van der Waals surface area contributed by atoms with Crippen LogP contribution in [0.3, 0.4) is 0 Å². The van der Waals surface area contributed by atoms with E-state index in [2.05, 4.69) is 16.1 Å². The summed E-state index contributed by atoms with van der Waals surface area (Å²) in [7, 11) is 1.38. The van der Waals surface area contributed by atoms with Gasteiger partial charge in [-0.1, -0.05) is 24.3 Å². The molecule has 0 unspecified atom stereocenters. The maximum Gasteiger partial charge on any atom is 0.330 e. The fourth-order valence-electron chi connectivity index (χ4n) is 1.77. The quantitative estimate of drug-likeness (QED) is 0.617. The minimum Gasteiger partial charge on any atom is -0.466 e. The van der Waals surface area contributed by atoms with Gasteiger partial charge in [0.15, 0.2) is 0 Å². The van der Waals surface area contributed by atoms with Crippen molar-refractivity contribution in [1.82, 2.24) is 5.32 Å². The molecule has 0 aromatic heterocycles. The van der Waals surface area contributed by atoms with Crippen LogP contribution in [0.1, 0.15) is 17.0 Å². The van der Waals surface area contributed by atoms with Crippen LogP contribution in [0, 0.1) is 0 Å². The van der Waals surface area contributed by atoms with Gasteiger partial charge in [0.05, 0.1) is 7.11 Å². The molecule has 1 aromatic rings. The van der Waals surface area contributed by atoms with E-state index in [0.29, 0.717) is 5.92 Å². The van der Waals surface area contributed by atoms with Gasteiger partial charge in [0, 0.05) is 25.1 Å². The van der Waals surface area contributed by atoms with Gasteiger partial charge in [0.2, 0.25) is 0 Å². The first-order valence-electron chi connectivity index (χ1n) is 5.37. The third kappa shape index (κ3) is 2.31. The minimum absolute atomic E-state index is 0.318. The second-order valence-corrected chi connectivity index (χ2v) is 3.84. The molecular weight excluding hydrogens is 202 g/mol. The van der Waals surface area contributed by atoms with Gasteiger partial charge in [0.25, 0.3) is 0 Å². The maximum absolute atomic E-state index is 11.0. The van der Waals surface area contributed by atoms with E-state index >= 15 is 0 Å². The van der Waals surface area contributed by atoms with Crippen LogP contribution in [-0.2, 0) is 9.53 Å². The normalized spacial score (nSPS) is 16.1. The molecule has 1 aromatic carbocycles. The summed E-state index contributed by atoms with van der Waals surface area (Å²) in [5.74, 6) is 0.250. The average molecular weight is 217 g/mol. The minimum atomic E-state index is -0.318. The fourth-order valence-corrected chi connectivity index (χ4v) is 1.77. The van der Waals surface area contributed by atoms with Crippen LogP contribution in [0.15, 0.2) is 30.3 Å². The van der Waals surface area contributed by atoms with Gasteiger partial charge in [-0.15, -0.1) is 0 Å². The molecule has 0 bridgehead atoms. The van der Waals surface area contributed by atoms with Crippen molar-refractivity contribution in [2.24, 2.45) is 0 Å². The van der Waals surface area contributed by atoms with E-state index in [4.69, 9.17) is 0 Å². The molecule has 1 N–H and O–H groups in total. The van der Waals surface area contributed by atoms with Gasteiger partial charge in [-0.3, -0.25) is 0 Å². The molecule has 0 aliphatic carbocycles. The molecule has 84 valence electrons. The van der Waals surface area contributed by atoms with Crippen LogP contribution >= 0.6 is 0 Å². The van der Waals surface area contributed by atoms with Crippen molar-refractivity contribution in [2.75, 3.05) is 20.2 Å². The first-order valence-corrected chi connectivity index (χ1v) is 5.37. The van der Waals surface area contributed by atoms with E-state index < -0.39 is 0 Å². The Balaban J connectivity index is 2.19. The molecule has 0 atom stereocenters. The van der Waals surface area contributed by atoms with Crippen molar-refractivity contribution in [3.05, 3.63) is 41.5 Å². The molecule has 3 heteroatoms. The maximum atomic E-state index is 11.0. The summed E-state index contributed by atoms with van der Waals surface area (Å²) < 4.78 is 4.57. The summed E-state index contributed by atoms with van der Waals surface area (Å²) in [6.07, 6.45) is 3.28. The molecule has 1 aliphatic rings. The lowest BCUT2D eigenvalue weighted by Gasteiger charge is -2.28. The summed E-state index contributed by atoms with van der Waals surface area (Å²) in [6, 6.07) is 8.14. The van der Waals surface area contributed by atoms with Gasteiger partial charge in [-0.2, -0.15) is 0 Å². The Kier molecular flexibility index (Phi) is 3.37. The molecule has 2 rings (SSSR count). The fraction of sp³-hybridized carbons (Fsp3) is 0.308. The number of methoxy groups -OCH3 is 1. The van der Waals surface area contributed by atoms with Gasteiger partial charge < -0.3 is 10.1 Å². The molecule has 1 heterocycles. The number of benzene rings is 1. The molecular formula is C13H15NO2. The third-order valence-electron chi connectivity index (χ3n) is 2.82. The zero-order chi connectivity index (χ0) is 11.4. The highest BCUT2D eigenvalue weighted by Gasteiger charge is 2.20. The first-order chi connectivity index (χ1) is 7.81. The topological polar surface area (TPSA) is 38.3 Å². The molecule has 16 heavy (non-hydrogen) atoms. The average Bonchev–Trinajstić information content (AvgIpc) is 2.25. The molecule has 0 amide bonds. The second kappa shape index (κ2) is 4.94. The highest BCUT2D eigenvalue weighted by molar-refractivity contribution is 5.87. The molecule has 0 spiro atoms. The van der Waals surface area contributed by atoms with Crippen LogP contribution in [0.2, 0.25) is 0 Å². The highest BCUT2D eigenvalue weighted by Crippen LogP contribution is 2.24. The van der Waals surface area contributed by atoms with E-state index in [1.807, 2.05) is 24.3 Å². The molecule has 0 radical (unpaired) electrons. The largest absolute Gasteiger partial charge is 0.466 e. The van der Waals surface area contributed by atoms with Gasteiger partial charge in [0.1, 0.15) is 0 Å². The Hall–Kier alpha value is -1.61. The van der Waals surface area contributed by atoms with Gasteiger partial charge >= 0.3 is 5.97 Å². The van der Waals surface area contributed by atoms with E-state index in [1.54, 1.807) is 0 Å². The Morgan fingerprint density at radius 2 is 2.19 bits per heavy atom. The summed E-state index contributed by atoms with van der Waals surface area (Å²) in [5.41, 5.74) is 2.39. The smallest absolute Gasteiger partial charge is 0.330 e. The number of esters is 1.